The second-order valence-electron chi connectivity index (χ2n) is 4.68. The lowest BCUT2D eigenvalue weighted by molar-refractivity contribution is -0.385. The van der Waals surface area contributed by atoms with Crippen molar-refractivity contribution in [3.05, 3.63) is 45.6 Å². The standard InChI is InChI=1S/C14H17N5O2/c1-4-10-5-7-11(8-6-10)18(3)13-12(19(20)21)9(2)16-14(15)17-13/h5-8H,4H2,1-3H3,(H2,15,16,17). The van der Waals surface area contributed by atoms with Crippen LogP contribution in [0.2, 0.25) is 0 Å². The minimum atomic E-state index is -0.485. The smallest absolute Gasteiger partial charge is 0.333 e. The van der Waals surface area contributed by atoms with Crippen molar-refractivity contribution >= 4 is 23.1 Å². The van der Waals surface area contributed by atoms with Gasteiger partial charge in [-0.25, -0.2) is 4.98 Å². The normalized spacial score (nSPS) is 10.4. The van der Waals surface area contributed by atoms with Crippen LogP contribution in [0.25, 0.3) is 0 Å². The summed E-state index contributed by atoms with van der Waals surface area (Å²) >= 11 is 0. The summed E-state index contributed by atoms with van der Waals surface area (Å²) in [5.74, 6) is 0.208. The van der Waals surface area contributed by atoms with Gasteiger partial charge in [-0.15, -0.1) is 0 Å². The molecule has 0 aliphatic carbocycles. The van der Waals surface area contributed by atoms with Crippen molar-refractivity contribution in [2.24, 2.45) is 0 Å². The molecule has 110 valence electrons. The number of aromatic nitrogens is 2. The fourth-order valence-electron chi connectivity index (χ4n) is 2.10. The van der Waals surface area contributed by atoms with Gasteiger partial charge in [-0.2, -0.15) is 4.98 Å². The molecule has 0 saturated heterocycles. The van der Waals surface area contributed by atoms with Gasteiger partial charge in [0, 0.05) is 12.7 Å². The van der Waals surface area contributed by atoms with E-state index in [2.05, 4.69) is 16.9 Å². The first-order chi connectivity index (χ1) is 9.93. The van der Waals surface area contributed by atoms with Gasteiger partial charge in [0.05, 0.1) is 4.92 Å². The molecular formula is C14H17N5O2. The van der Waals surface area contributed by atoms with Crippen molar-refractivity contribution in [3.8, 4) is 0 Å². The van der Waals surface area contributed by atoms with Gasteiger partial charge >= 0.3 is 5.69 Å². The minimum absolute atomic E-state index is 0.0186. The molecule has 2 aromatic rings. The Labute approximate surface area is 122 Å². The number of benzene rings is 1. The highest BCUT2D eigenvalue weighted by Crippen LogP contribution is 2.32. The van der Waals surface area contributed by atoms with Crippen LogP contribution >= 0.6 is 0 Å². The number of nitro groups is 1. The lowest BCUT2D eigenvalue weighted by Gasteiger charge is -2.19. The van der Waals surface area contributed by atoms with Crippen LogP contribution in [0, 0.1) is 17.0 Å². The molecule has 0 atom stereocenters. The van der Waals surface area contributed by atoms with E-state index in [-0.39, 0.29) is 23.1 Å². The monoisotopic (exact) mass is 287 g/mol. The van der Waals surface area contributed by atoms with E-state index in [9.17, 15) is 10.1 Å². The molecule has 0 aliphatic heterocycles. The molecule has 2 N–H and O–H groups in total. The molecular weight excluding hydrogens is 270 g/mol. The Kier molecular flexibility index (Phi) is 4.02. The average Bonchev–Trinajstić information content (AvgIpc) is 2.45. The van der Waals surface area contributed by atoms with Crippen LogP contribution in [-0.4, -0.2) is 21.9 Å². The molecule has 2 rings (SSSR count). The third kappa shape index (κ3) is 2.91. The molecule has 21 heavy (non-hydrogen) atoms. The van der Waals surface area contributed by atoms with E-state index in [1.807, 2.05) is 24.3 Å². The summed E-state index contributed by atoms with van der Waals surface area (Å²) in [7, 11) is 1.72. The zero-order valence-corrected chi connectivity index (χ0v) is 12.2. The van der Waals surface area contributed by atoms with E-state index >= 15 is 0 Å². The van der Waals surface area contributed by atoms with Crippen molar-refractivity contribution in [2.45, 2.75) is 20.3 Å². The molecule has 0 aliphatic rings. The Morgan fingerprint density at radius 2 is 1.90 bits per heavy atom. The van der Waals surface area contributed by atoms with Crippen LogP contribution in [-0.2, 0) is 6.42 Å². The van der Waals surface area contributed by atoms with Gasteiger partial charge in [-0.05, 0) is 31.0 Å². The molecule has 7 nitrogen and oxygen atoms in total. The number of aryl methyl sites for hydroxylation is 2. The number of nitrogen functional groups attached to an aromatic ring is 1. The second kappa shape index (κ2) is 5.74. The number of nitrogens with zero attached hydrogens (tertiary/aromatic N) is 4. The molecule has 0 spiro atoms. The van der Waals surface area contributed by atoms with Gasteiger partial charge in [0.25, 0.3) is 0 Å². The van der Waals surface area contributed by atoms with Crippen molar-refractivity contribution in [1.82, 2.24) is 9.97 Å². The van der Waals surface area contributed by atoms with E-state index in [1.54, 1.807) is 18.9 Å². The Bertz CT molecular complexity index is 670. The molecule has 0 fully saturated rings. The first kappa shape index (κ1) is 14.7. The predicted molar refractivity (Wildman–Crippen MR) is 81.7 cm³/mol. The summed E-state index contributed by atoms with van der Waals surface area (Å²) in [6, 6.07) is 7.76. The quantitative estimate of drug-likeness (QED) is 0.685. The first-order valence-corrected chi connectivity index (χ1v) is 6.55. The second-order valence-corrected chi connectivity index (χ2v) is 4.68. The summed E-state index contributed by atoms with van der Waals surface area (Å²) in [5, 5.41) is 11.2. The Morgan fingerprint density at radius 3 is 2.43 bits per heavy atom. The van der Waals surface area contributed by atoms with Gasteiger partial charge in [-0.1, -0.05) is 19.1 Å². The first-order valence-electron chi connectivity index (χ1n) is 6.55. The van der Waals surface area contributed by atoms with Crippen molar-refractivity contribution < 1.29 is 4.92 Å². The maximum absolute atomic E-state index is 11.2. The Morgan fingerprint density at radius 1 is 1.29 bits per heavy atom. The highest BCUT2D eigenvalue weighted by atomic mass is 16.6. The third-order valence-corrected chi connectivity index (χ3v) is 3.29. The van der Waals surface area contributed by atoms with Crippen molar-refractivity contribution in [2.75, 3.05) is 17.7 Å². The Balaban J connectivity index is 2.51. The van der Waals surface area contributed by atoms with Gasteiger partial charge in [-0.3, -0.25) is 10.1 Å². The van der Waals surface area contributed by atoms with E-state index in [0.29, 0.717) is 0 Å². The zero-order valence-electron chi connectivity index (χ0n) is 12.2. The number of anilines is 3. The lowest BCUT2D eigenvalue weighted by atomic mass is 10.1. The SMILES string of the molecule is CCc1ccc(N(C)c2nc(N)nc(C)c2[N+](=O)[O-])cc1. The molecule has 0 saturated carbocycles. The fraction of sp³-hybridized carbons (Fsp3) is 0.286. The summed E-state index contributed by atoms with van der Waals surface area (Å²) in [5.41, 5.74) is 7.73. The van der Waals surface area contributed by atoms with Crippen molar-refractivity contribution in [3.63, 3.8) is 0 Å². The average molecular weight is 287 g/mol. The highest BCUT2D eigenvalue weighted by Gasteiger charge is 2.25. The molecule has 1 heterocycles. The minimum Gasteiger partial charge on any atom is -0.368 e. The molecule has 0 unspecified atom stereocenters. The summed E-state index contributed by atoms with van der Waals surface area (Å²) in [6.07, 6.45) is 0.934. The van der Waals surface area contributed by atoms with E-state index in [0.717, 1.165) is 12.1 Å². The van der Waals surface area contributed by atoms with Crippen LogP contribution in [0.15, 0.2) is 24.3 Å². The maximum Gasteiger partial charge on any atom is 0.333 e. The molecule has 1 aromatic heterocycles. The summed E-state index contributed by atoms with van der Waals surface area (Å²) in [4.78, 5) is 20.3. The Hall–Kier alpha value is -2.70. The van der Waals surface area contributed by atoms with E-state index in [4.69, 9.17) is 5.73 Å². The number of nitrogens with two attached hydrogens (primary N) is 1. The molecule has 0 amide bonds. The topological polar surface area (TPSA) is 98.2 Å². The lowest BCUT2D eigenvalue weighted by Crippen LogP contribution is -2.16. The number of hydrogen-bond acceptors (Lipinski definition) is 6. The van der Waals surface area contributed by atoms with Crippen molar-refractivity contribution in [1.29, 1.82) is 0 Å². The fourth-order valence-corrected chi connectivity index (χ4v) is 2.10. The molecule has 1 aromatic carbocycles. The van der Waals surface area contributed by atoms with Crippen LogP contribution < -0.4 is 10.6 Å². The van der Waals surface area contributed by atoms with E-state index in [1.165, 1.54) is 5.56 Å². The van der Waals surface area contributed by atoms with Gasteiger partial charge in [0.2, 0.25) is 11.8 Å². The van der Waals surface area contributed by atoms with Gasteiger partial charge in [0.1, 0.15) is 5.69 Å². The van der Waals surface area contributed by atoms with Crippen LogP contribution in [0.1, 0.15) is 18.2 Å². The summed E-state index contributed by atoms with van der Waals surface area (Å²) in [6.45, 7) is 3.62. The number of hydrogen-bond donors (Lipinski definition) is 1. The van der Waals surface area contributed by atoms with Crippen LogP contribution in [0.3, 0.4) is 0 Å². The molecule has 0 radical (unpaired) electrons. The largest absolute Gasteiger partial charge is 0.368 e. The third-order valence-electron chi connectivity index (χ3n) is 3.29. The highest BCUT2D eigenvalue weighted by molar-refractivity contribution is 5.70. The van der Waals surface area contributed by atoms with Crippen LogP contribution in [0.4, 0.5) is 23.1 Å². The summed E-state index contributed by atoms with van der Waals surface area (Å²) < 4.78 is 0. The van der Waals surface area contributed by atoms with Crippen LogP contribution in [0.5, 0.6) is 0 Å². The predicted octanol–water partition coefficient (Wildman–Crippen LogP) is 2.61. The van der Waals surface area contributed by atoms with Gasteiger partial charge < -0.3 is 10.6 Å². The van der Waals surface area contributed by atoms with E-state index < -0.39 is 4.92 Å². The van der Waals surface area contributed by atoms with Gasteiger partial charge in [0.15, 0.2) is 0 Å². The molecule has 7 heteroatoms. The maximum atomic E-state index is 11.2. The molecule has 0 bridgehead atoms. The number of rotatable bonds is 4. The zero-order chi connectivity index (χ0) is 15.6.